The number of amides is 1. The second-order valence-electron chi connectivity index (χ2n) is 5.83. The molecule has 0 aliphatic heterocycles. The number of alkyl halides is 3. The predicted molar refractivity (Wildman–Crippen MR) is 88.2 cm³/mol. The van der Waals surface area contributed by atoms with Crippen LogP contribution in [0.4, 0.5) is 13.2 Å². The molecule has 0 saturated heterocycles. The quantitative estimate of drug-likeness (QED) is 0.861. The summed E-state index contributed by atoms with van der Waals surface area (Å²) in [5, 5.41) is 0. The van der Waals surface area contributed by atoms with Crippen LogP contribution in [0.5, 0.6) is 0 Å². The van der Waals surface area contributed by atoms with Gasteiger partial charge in [0, 0.05) is 12.6 Å². The number of halogens is 4. The molecule has 1 aliphatic carbocycles. The average Bonchev–Trinajstić information content (AvgIpc) is 3.28. The van der Waals surface area contributed by atoms with Gasteiger partial charge >= 0.3 is 6.18 Å². The first-order chi connectivity index (χ1) is 11.4. The van der Waals surface area contributed by atoms with Crippen LogP contribution in [0.1, 0.15) is 40.3 Å². The maximum atomic E-state index is 12.6. The third-order valence-electron chi connectivity index (χ3n) is 3.96. The minimum atomic E-state index is -4.36. The van der Waals surface area contributed by atoms with Crippen LogP contribution in [0, 0.1) is 0 Å². The number of carbonyl (C=O) groups is 1. The lowest BCUT2D eigenvalue weighted by atomic mass is 10.1. The second kappa shape index (κ2) is 7.49. The summed E-state index contributed by atoms with van der Waals surface area (Å²) in [6.45, 7) is 0.454. The smallest absolute Gasteiger partial charge is 0.416 e. The van der Waals surface area contributed by atoms with Crippen LogP contribution in [-0.4, -0.2) is 16.8 Å². The maximum absolute atomic E-state index is 12.6. The Morgan fingerprint density at radius 2 is 1.80 bits per heavy atom. The first-order valence-electron chi connectivity index (χ1n) is 7.64. The molecular formula is C17H18ClF3N2O2. The van der Waals surface area contributed by atoms with Crippen LogP contribution in [0.3, 0.4) is 0 Å². The molecule has 1 amide bonds. The van der Waals surface area contributed by atoms with Crippen LogP contribution >= 0.6 is 12.4 Å². The van der Waals surface area contributed by atoms with Crippen molar-refractivity contribution < 1.29 is 22.4 Å². The van der Waals surface area contributed by atoms with E-state index in [1.165, 1.54) is 12.1 Å². The van der Waals surface area contributed by atoms with E-state index < -0.39 is 11.7 Å². The summed E-state index contributed by atoms with van der Waals surface area (Å²) in [6, 6.07) is 8.20. The molecule has 0 atom stereocenters. The largest absolute Gasteiger partial charge is 0.455 e. The van der Waals surface area contributed by atoms with Crippen LogP contribution in [0.15, 0.2) is 40.8 Å². The van der Waals surface area contributed by atoms with Crippen molar-refractivity contribution in [2.45, 2.75) is 38.1 Å². The molecule has 0 radical (unpaired) electrons. The molecular weight excluding hydrogens is 357 g/mol. The lowest BCUT2D eigenvalue weighted by Gasteiger charge is -2.21. The highest BCUT2D eigenvalue weighted by molar-refractivity contribution is 5.92. The molecule has 1 fully saturated rings. The van der Waals surface area contributed by atoms with Crippen molar-refractivity contribution in [1.29, 1.82) is 0 Å². The van der Waals surface area contributed by atoms with Crippen molar-refractivity contribution >= 4 is 18.3 Å². The third-order valence-corrected chi connectivity index (χ3v) is 3.96. The summed E-state index contributed by atoms with van der Waals surface area (Å²) in [7, 11) is 0. The van der Waals surface area contributed by atoms with Crippen molar-refractivity contribution in [3.63, 3.8) is 0 Å². The van der Waals surface area contributed by atoms with E-state index in [9.17, 15) is 18.0 Å². The SMILES string of the molecule is Cl.NCc1ccc(C(=O)N(Cc2ccc(C(F)(F)F)cc2)C2CC2)o1. The molecule has 1 saturated carbocycles. The van der Waals surface area contributed by atoms with Gasteiger partial charge in [0.05, 0.1) is 12.1 Å². The van der Waals surface area contributed by atoms with Gasteiger partial charge in [-0.25, -0.2) is 0 Å². The number of hydrogen-bond donors (Lipinski definition) is 1. The fourth-order valence-electron chi connectivity index (χ4n) is 2.49. The van der Waals surface area contributed by atoms with Gasteiger partial charge in [-0.05, 0) is 42.7 Å². The van der Waals surface area contributed by atoms with Gasteiger partial charge in [0.15, 0.2) is 5.76 Å². The number of furan rings is 1. The molecule has 136 valence electrons. The molecule has 1 aromatic heterocycles. The summed E-state index contributed by atoms with van der Waals surface area (Å²) in [5.74, 6) is 0.454. The second-order valence-corrected chi connectivity index (χ2v) is 5.83. The third kappa shape index (κ3) is 4.55. The number of nitrogens with zero attached hydrogens (tertiary/aromatic N) is 1. The summed E-state index contributed by atoms with van der Waals surface area (Å²) < 4.78 is 43.2. The van der Waals surface area contributed by atoms with Gasteiger partial charge in [0.2, 0.25) is 0 Å². The number of rotatable bonds is 5. The van der Waals surface area contributed by atoms with E-state index in [-0.39, 0.29) is 43.2 Å². The minimum Gasteiger partial charge on any atom is -0.455 e. The first-order valence-corrected chi connectivity index (χ1v) is 7.64. The molecule has 4 nitrogen and oxygen atoms in total. The highest BCUT2D eigenvalue weighted by atomic mass is 35.5. The fraction of sp³-hybridized carbons (Fsp3) is 0.353. The normalized spacial score (nSPS) is 14.1. The Labute approximate surface area is 149 Å². The Hall–Kier alpha value is -1.99. The van der Waals surface area contributed by atoms with Crippen molar-refractivity contribution in [3.05, 3.63) is 59.0 Å². The predicted octanol–water partition coefficient (Wildman–Crippen LogP) is 3.98. The summed E-state index contributed by atoms with van der Waals surface area (Å²) in [5.41, 5.74) is 5.42. The average molecular weight is 375 g/mol. The molecule has 3 rings (SSSR count). The zero-order valence-corrected chi connectivity index (χ0v) is 14.1. The van der Waals surface area contributed by atoms with Crippen LogP contribution < -0.4 is 5.73 Å². The molecule has 8 heteroatoms. The van der Waals surface area contributed by atoms with E-state index in [1.807, 2.05) is 0 Å². The molecule has 25 heavy (non-hydrogen) atoms. The number of nitrogens with two attached hydrogens (primary N) is 1. The Morgan fingerprint density at radius 3 is 2.28 bits per heavy atom. The van der Waals surface area contributed by atoms with Gasteiger partial charge in [-0.2, -0.15) is 13.2 Å². The monoisotopic (exact) mass is 374 g/mol. The Kier molecular flexibility index (Phi) is 5.80. The van der Waals surface area contributed by atoms with E-state index in [0.717, 1.165) is 25.0 Å². The standard InChI is InChI=1S/C17H17F3N2O2.ClH/c18-17(19,20)12-3-1-11(2-4-12)10-22(13-5-6-13)16(23)15-8-7-14(9-21)24-15;/h1-4,7-8,13H,5-6,9-10,21H2;1H. The topological polar surface area (TPSA) is 59.5 Å². The number of carbonyl (C=O) groups excluding carboxylic acids is 1. The van der Waals surface area contributed by atoms with E-state index in [1.54, 1.807) is 17.0 Å². The van der Waals surface area contributed by atoms with Crippen molar-refractivity contribution in [2.24, 2.45) is 5.73 Å². The molecule has 0 unspecified atom stereocenters. The first kappa shape index (κ1) is 19.3. The van der Waals surface area contributed by atoms with Gasteiger partial charge in [-0.15, -0.1) is 12.4 Å². The van der Waals surface area contributed by atoms with E-state index in [4.69, 9.17) is 10.2 Å². The maximum Gasteiger partial charge on any atom is 0.416 e. The van der Waals surface area contributed by atoms with Crippen molar-refractivity contribution in [1.82, 2.24) is 4.90 Å². The van der Waals surface area contributed by atoms with Gasteiger partial charge in [-0.3, -0.25) is 4.79 Å². The fourth-order valence-corrected chi connectivity index (χ4v) is 2.49. The molecule has 0 bridgehead atoms. The molecule has 1 aromatic carbocycles. The molecule has 1 aliphatic rings. The highest BCUT2D eigenvalue weighted by Crippen LogP contribution is 2.32. The summed E-state index contributed by atoms with van der Waals surface area (Å²) in [4.78, 5) is 14.2. The molecule has 1 heterocycles. The van der Waals surface area contributed by atoms with Crippen LogP contribution in [-0.2, 0) is 19.3 Å². The van der Waals surface area contributed by atoms with Gasteiger partial charge < -0.3 is 15.1 Å². The van der Waals surface area contributed by atoms with Crippen LogP contribution in [0.2, 0.25) is 0 Å². The van der Waals surface area contributed by atoms with E-state index >= 15 is 0 Å². The lowest BCUT2D eigenvalue weighted by Crippen LogP contribution is -2.32. The summed E-state index contributed by atoms with van der Waals surface area (Å²) in [6.07, 6.45) is -2.59. The molecule has 2 aromatic rings. The zero-order chi connectivity index (χ0) is 17.3. The highest BCUT2D eigenvalue weighted by Gasteiger charge is 2.35. The molecule has 2 N–H and O–H groups in total. The zero-order valence-electron chi connectivity index (χ0n) is 13.3. The van der Waals surface area contributed by atoms with Crippen molar-refractivity contribution in [2.75, 3.05) is 0 Å². The van der Waals surface area contributed by atoms with Crippen molar-refractivity contribution in [3.8, 4) is 0 Å². The Balaban J connectivity index is 0.00000225. The summed E-state index contributed by atoms with van der Waals surface area (Å²) >= 11 is 0. The van der Waals surface area contributed by atoms with Crippen LogP contribution in [0.25, 0.3) is 0 Å². The van der Waals surface area contributed by atoms with Gasteiger partial charge in [0.25, 0.3) is 5.91 Å². The molecule has 0 spiro atoms. The van der Waals surface area contributed by atoms with E-state index in [0.29, 0.717) is 11.3 Å². The van der Waals surface area contributed by atoms with Gasteiger partial charge in [0.1, 0.15) is 5.76 Å². The van der Waals surface area contributed by atoms with Gasteiger partial charge in [-0.1, -0.05) is 12.1 Å². The van der Waals surface area contributed by atoms with E-state index in [2.05, 4.69) is 0 Å². The Bertz CT molecular complexity index is 724. The number of hydrogen-bond acceptors (Lipinski definition) is 3. The minimum absolute atomic E-state index is 0. The number of benzene rings is 1. The Morgan fingerprint density at radius 1 is 1.16 bits per heavy atom. The lowest BCUT2D eigenvalue weighted by molar-refractivity contribution is -0.137.